The van der Waals surface area contributed by atoms with Gasteiger partial charge in [-0.05, 0) is 31.0 Å². The summed E-state index contributed by atoms with van der Waals surface area (Å²) in [4.78, 5) is 8.86. The predicted octanol–water partition coefficient (Wildman–Crippen LogP) is 3.29. The summed E-state index contributed by atoms with van der Waals surface area (Å²) >= 11 is 0. The van der Waals surface area contributed by atoms with E-state index in [1.54, 1.807) is 12.3 Å². The molecule has 1 saturated carbocycles. The summed E-state index contributed by atoms with van der Waals surface area (Å²) in [7, 11) is 0. The smallest absolute Gasteiger partial charge is 0.160 e. The van der Waals surface area contributed by atoms with Gasteiger partial charge in [0.25, 0.3) is 0 Å². The van der Waals surface area contributed by atoms with Crippen LogP contribution in [0.5, 0.6) is 0 Å². The standard InChI is InChI=1S/C15H12F2N4/c16-10-6-9(12(18)7-11(10)17)14-20-13-2-1-5-19-15(13)21(14)8-3-4-8/h1-2,5-8H,3-4,18H2. The summed E-state index contributed by atoms with van der Waals surface area (Å²) in [6.07, 6.45) is 3.75. The fraction of sp³-hybridized carbons (Fsp3) is 0.200. The van der Waals surface area contributed by atoms with Crippen LogP contribution in [0.4, 0.5) is 14.5 Å². The van der Waals surface area contributed by atoms with Crippen LogP contribution in [0.25, 0.3) is 22.6 Å². The van der Waals surface area contributed by atoms with Crippen molar-refractivity contribution in [3.05, 3.63) is 42.1 Å². The second-order valence-corrected chi connectivity index (χ2v) is 5.24. The Labute approximate surface area is 119 Å². The van der Waals surface area contributed by atoms with Gasteiger partial charge in [0.2, 0.25) is 0 Å². The molecule has 0 aliphatic heterocycles. The molecule has 1 aromatic carbocycles. The van der Waals surface area contributed by atoms with Gasteiger partial charge in [-0.15, -0.1) is 0 Å². The first-order valence-corrected chi connectivity index (χ1v) is 6.73. The molecule has 0 unspecified atom stereocenters. The van der Waals surface area contributed by atoms with Gasteiger partial charge in [0.15, 0.2) is 17.3 Å². The van der Waals surface area contributed by atoms with E-state index in [0.29, 0.717) is 17.4 Å². The van der Waals surface area contributed by atoms with Gasteiger partial charge in [0.1, 0.15) is 11.3 Å². The molecule has 4 nitrogen and oxygen atoms in total. The molecular weight excluding hydrogens is 274 g/mol. The van der Waals surface area contributed by atoms with Gasteiger partial charge in [-0.3, -0.25) is 0 Å². The molecule has 0 atom stereocenters. The number of rotatable bonds is 2. The van der Waals surface area contributed by atoms with Crippen molar-refractivity contribution in [3.63, 3.8) is 0 Å². The van der Waals surface area contributed by atoms with E-state index in [2.05, 4.69) is 9.97 Å². The van der Waals surface area contributed by atoms with E-state index in [-0.39, 0.29) is 5.69 Å². The first-order valence-electron chi connectivity index (χ1n) is 6.73. The molecule has 21 heavy (non-hydrogen) atoms. The van der Waals surface area contributed by atoms with Crippen molar-refractivity contribution < 1.29 is 8.78 Å². The molecule has 2 heterocycles. The lowest BCUT2D eigenvalue weighted by Crippen LogP contribution is -2.02. The summed E-state index contributed by atoms with van der Waals surface area (Å²) < 4.78 is 28.8. The van der Waals surface area contributed by atoms with Crippen LogP contribution in [-0.2, 0) is 0 Å². The number of fused-ring (bicyclic) bond motifs is 1. The Balaban J connectivity index is 2.02. The molecule has 3 aromatic rings. The predicted molar refractivity (Wildman–Crippen MR) is 75.6 cm³/mol. The first-order chi connectivity index (χ1) is 10.1. The minimum atomic E-state index is -0.955. The van der Waals surface area contributed by atoms with Crippen LogP contribution in [0.1, 0.15) is 18.9 Å². The Morgan fingerprint density at radius 3 is 2.71 bits per heavy atom. The summed E-state index contributed by atoms with van der Waals surface area (Å²) in [6, 6.07) is 6.04. The van der Waals surface area contributed by atoms with Crippen molar-refractivity contribution in [1.82, 2.24) is 14.5 Å². The minimum absolute atomic E-state index is 0.172. The molecule has 0 bridgehead atoms. The third-order valence-electron chi connectivity index (χ3n) is 3.69. The maximum absolute atomic E-state index is 13.6. The Bertz CT molecular complexity index is 852. The van der Waals surface area contributed by atoms with Gasteiger partial charge < -0.3 is 10.3 Å². The summed E-state index contributed by atoms with van der Waals surface area (Å²) in [5.41, 5.74) is 7.90. The molecular formula is C15H12F2N4. The lowest BCUT2D eigenvalue weighted by atomic mass is 10.1. The molecule has 0 radical (unpaired) electrons. The number of nitrogen functional groups attached to an aromatic ring is 1. The van der Waals surface area contributed by atoms with Crippen molar-refractivity contribution in [2.45, 2.75) is 18.9 Å². The number of hydrogen-bond acceptors (Lipinski definition) is 3. The van der Waals surface area contributed by atoms with Crippen LogP contribution in [0.3, 0.4) is 0 Å². The van der Waals surface area contributed by atoms with Crippen molar-refractivity contribution >= 4 is 16.9 Å². The fourth-order valence-electron chi connectivity index (χ4n) is 2.55. The average Bonchev–Trinajstić information content (AvgIpc) is 3.23. The fourth-order valence-corrected chi connectivity index (χ4v) is 2.55. The second kappa shape index (κ2) is 4.25. The van der Waals surface area contributed by atoms with Crippen LogP contribution in [0, 0.1) is 11.6 Å². The third-order valence-corrected chi connectivity index (χ3v) is 3.69. The molecule has 106 valence electrons. The van der Waals surface area contributed by atoms with Gasteiger partial charge in [-0.2, -0.15) is 0 Å². The van der Waals surface area contributed by atoms with Crippen molar-refractivity contribution in [1.29, 1.82) is 0 Å². The molecule has 0 spiro atoms. The Hall–Kier alpha value is -2.50. The molecule has 2 aromatic heterocycles. The Kier molecular flexibility index (Phi) is 2.48. The van der Waals surface area contributed by atoms with Crippen LogP contribution in [0.2, 0.25) is 0 Å². The van der Waals surface area contributed by atoms with Gasteiger partial charge in [0.05, 0.1) is 0 Å². The van der Waals surface area contributed by atoms with Gasteiger partial charge in [0, 0.05) is 29.6 Å². The second-order valence-electron chi connectivity index (χ2n) is 5.24. The zero-order chi connectivity index (χ0) is 14.6. The van der Waals surface area contributed by atoms with Crippen LogP contribution in [-0.4, -0.2) is 14.5 Å². The Morgan fingerprint density at radius 1 is 1.19 bits per heavy atom. The van der Waals surface area contributed by atoms with Gasteiger partial charge in [-0.1, -0.05) is 0 Å². The quantitative estimate of drug-likeness (QED) is 0.735. The number of hydrogen-bond donors (Lipinski definition) is 1. The molecule has 1 fully saturated rings. The highest BCUT2D eigenvalue weighted by Gasteiger charge is 2.30. The zero-order valence-electron chi connectivity index (χ0n) is 11.1. The van der Waals surface area contributed by atoms with Crippen molar-refractivity contribution in [2.24, 2.45) is 0 Å². The third kappa shape index (κ3) is 1.86. The maximum atomic E-state index is 13.6. The molecule has 1 aliphatic rings. The van der Waals surface area contributed by atoms with E-state index in [0.717, 1.165) is 36.1 Å². The number of aromatic nitrogens is 3. The molecule has 0 saturated heterocycles. The zero-order valence-corrected chi connectivity index (χ0v) is 11.1. The number of pyridine rings is 1. The highest BCUT2D eigenvalue weighted by Crippen LogP contribution is 2.41. The highest BCUT2D eigenvalue weighted by molar-refractivity contribution is 5.81. The molecule has 2 N–H and O–H groups in total. The summed E-state index contributed by atoms with van der Waals surface area (Å²) in [6.45, 7) is 0. The van der Waals surface area contributed by atoms with Gasteiger partial charge in [-0.25, -0.2) is 18.7 Å². The highest BCUT2D eigenvalue weighted by atomic mass is 19.2. The lowest BCUT2D eigenvalue weighted by Gasteiger charge is -2.09. The minimum Gasteiger partial charge on any atom is -0.398 e. The normalized spacial score (nSPS) is 14.8. The average molecular weight is 286 g/mol. The summed E-state index contributed by atoms with van der Waals surface area (Å²) in [5, 5.41) is 0. The number of anilines is 1. The summed E-state index contributed by atoms with van der Waals surface area (Å²) in [5.74, 6) is -1.34. The molecule has 4 rings (SSSR count). The monoisotopic (exact) mass is 286 g/mol. The SMILES string of the molecule is Nc1cc(F)c(F)cc1-c1nc2cccnc2n1C1CC1. The maximum Gasteiger partial charge on any atom is 0.160 e. The number of halogens is 2. The molecule has 0 amide bonds. The number of imidazole rings is 1. The van der Waals surface area contributed by atoms with Crippen LogP contribution < -0.4 is 5.73 Å². The number of benzene rings is 1. The molecule has 6 heteroatoms. The van der Waals surface area contributed by atoms with Crippen LogP contribution in [0.15, 0.2) is 30.5 Å². The van der Waals surface area contributed by atoms with Crippen molar-refractivity contribution in [2.75, 3.05) is 5.73 Å². The topological polar surface area (TPSA) is 56.7 Å². The first kappa shape index (κ1) is 12.3. The van der Waals surface area contributed by atoms with Gasteiger partial charge >= 0.3 is 0 Å². The van der Waals surface area contributed by atoms with Crippen LogP contribution >= 0.6 is 0 Å². The number of nitrogens with zero attached hydrogens (tertiary/aromatic N) is 3. The van der Waals surface area contributed by atoms with E-state index in [9.17, 15) is 8.78 Å². The van der Waals surface area contributed by atoms with E-state index in [1.807, 2.05) is 10.6 Å². The van der Waals surface area contributed by atoms with E-state index in [4.69, 9.17) is 5.73 Å². The van der Waals surface area contributed by atoms with E-state index in [1.165, 1.54) is 0 Å². The molecule has 1 aliphatic carbocycles. The van der Waals surface area contributed by atoms with E-state index < -0.39 is 11.6 Å². The number of nitrogens with two attached hydrogens (primary N) is 1. The van der Waals surface area contributed by atoms with Crippen molar-refractivity contribution in [3.8, 4) is 11.4 Å². The van der Waals surface area contributed by atoms with E-state index >= 15 is 0 Å². The Morgan fingerprint density at radius 2 is 1.95 bits per heavy atom. The lowest BCUT2D eigenvalue weighted by molar-refractivity contribution is 0.509. The largest absolute Gasteiger partial charge is 0.398 e.